The minimum atomic E-state index is -0.105. The highest BCUT2D eigenvalue weighted by molar-refractivity contribution is 5.25. The van der Waals surface area contributed by atoms with Crippen LogP contribution in [0.5, 0.6) is 0 Å². The van der Waals surface area contributed by atoms with E-state index in [1.807, 2.05) is 0 Å². The molecular weight excluding hydrogens is 344 g/mol. The minimum Gasteiger partial charge on any atom is -0.393 e. The van der Waals surface area contributed by atoms with Crippen LogP contribution in [0.4, 0.5) is 0 Å². The molecule has 4 aliphatic rings. The number of fused-ring (bicyclic) bond motifs is 5. The van der Waals surface area contributed by atoms with E-state index in [1.165, 1.54) is 44.1 Å². The van der Waals surface area contributed by atoms with Crippen molar-refractivity contribution in [3.05, 3.63) is 47.5 Å². The van der Waals surface area contributed by atoms with E-state index in [4.69, 9.17) is 4.74 Å². The molecule has 4 aliphatic carbocycles. The van der Waals surface area contributed by atoms with Gasteiger partial charge in [0.25, 0.3) is 0 Å². The zero-order valence-electron chi connectivity index (χ0n) is 17.6. The lowest BCUT2D eigenvalue weighted by molar-refractivity contribution is -0.0975. The first kappa shape index (κ1) is 18.9. The van der Waals surface area contributed by atoms with Crippen molar-refractivity contribution in [1.82, 2.24) is 0 Å². The van der Waals surface area contributed by atoms with Crippen molar-refractivity contribution in [3.63, 3.8) is 0 Å². The smallest absolute Gasteiger partial charge is 0.0720 e. The highest BCUT2D eigenvalue weighted by Crippen LogP contribution is 2.65. The SMILES string of the molecule is C[C@]12CC[C@H](O)CC1=CCC1C2CC[C@@]2(C)C1CC[C@@H]2OCc1ccccc1. The summed E-state index contributed by atoms with van der Waals surface area (Å²) in [5, 5.41) is 10.2. The molecule has 0 amide bonds. The van der Waals surface area contributed by atoms with Gasteiger partial charge in [0, 0.05) is 0 Å². The maximum atomic E-state index is 10.2. The standard InChI is InChI=1S/C26H36O2/c1-25-14-12-20(27)16-19(25)8-9-21-22-10-11-24(26(22,2)15-13-23(21)25)28-17-18-6-4-3-5-7-18/h3-8,20-24,27H,9-17H2,1-2H3/t20-,21?,22?,23?,24-,25-,26-/m0/s1. The molecule has 3 saturated carbocycles. The van der Waals surface area contributed by atoms with Crippen molar-refractivity contribution < 1.29 is 9.84 Å². The molecule has 2 nitrogen and oxygen atoms in total. The second-order valence-corrected chi connectivity index (χ2v) is 10.6. The number of hydrogen-bond acceptors (Lipinski definition) is 2. The van der Waals surface area contributed by atoms with Gasteiger partial charge in [-0.1, -0.05) is 55.8 Å². The van der Waals surface area contributed by atoms with Crippen LogP contribution in [0.15, 0.2) is 42.0 Å². The molecule has 0 spiro atoms. The van der Waals surface area contributed by atoms with Gasteiger partial charge < -0.3 is 9.84 Å². The van der Waals surface area contributed by atoms with E-state index in [0.717, 1.165) is 37.2 Å². The number of ether oxygens (including phenoxy) is 1. The molecule has 0 bridgehead atoms. The van der Waals surface area contributed by atoms with Crippen LogP contribution in [0.2, 0.25) is 0 Å². The number of allylic oxidation sites excluding steroid dienone is 1. The molecule has 0 aliphatic heterocycles. The quantitative estimate of drug-likeness (QED) is 0.662. The molecule has 1 N–H and O–H groups in total. The lowest BCUT2D eigenvalue weighted by atomic mass is 9.48. The Bertz CT molecular complexity index is 740. The van der Waals surface area contributed by atoms with Crippen LogP contribution < -0.4 is 0 Å². The monoisotopic (exact) mass is 380 g/mol. The lowest BCUT2D eigenvalue weighted by Crippen LogP contribution is -2.51. The fourth-order valence-corrected chi connectivity index (χ4v) is 7.64. The molecule has 7 atom stereocenters. The first-order valence-corrected chi connectivity index (χ1v) is 11.5. The van der Waals surface area contributed by atoms with Crippen molar-refractivity contribution in [2.24, 2.45) is 28.6 Å². The molecule has 152 valence electrons. The Morgan fingerprint density at radius 2 is 1.82 bits per heavy atom. The molecule has 5 rings (SSSR count). The summed E-state index contributed by atoms with van der Waals surface area (Å²) in [6.07, 6.45) is 12.4. The predicted molar refractivity (Wildman–Crippen MR) is 113 cm³/mol. The van der Waals surface area contributed by atoms with Crippen molar-refractivity contribution in [1.29, 1.82) is 0 Å². The number of rotatable bonds is 3. The van der Waals surface area contributed by atoms with Crippen molar-refractivity contribution in [2.45, 2.75) is 84.0 Å². The highest BCUT2D eigenvalue weighted by atomic mass is 16.5. The lowest BCUT2D eigenvalue weighted by Gasteiger charge is -2.57. The number of benzene rings is 1. The third-order valence-electron chi connectivity index (χ3n) is 9.28. The van der Waals surface area contributed by atoms with Gasteiger partial charge >= 0.3 is 0 Å². The van der Waals surface area contributed by atoms with Crippen molar-refractivity contribution in [2.75, 3.05) is 0 Å². The second kappa shape index (κ2) is 6.99. The summed E-state index contributed by atoms with van der Waals surface area (Å²) in [5.41, 5.74) is 3.55. The van der Waals surface area contributed by atoms with E-state index in [9.17, 15) is 5.11 Å². The summed E-state index contributed by atoms with van der Waals surface area (Å²) in [6.45, 7) is 5.80. The third-order valence-corrected chi connectivity index (χ3v) is 9.28. The summed E-state index contributed by atoms with van der Waals surface area (Å²) < 4.78 is 6.54. The van der Waals surface area contributed by atoms with Gasteiger partial charge in [-0.3, -0.25) is 0 Å². The van der Waals surface area contributed by atoms with Crippen LogP contribution in [0, 0.1) is 28.6 Å². The van der Waals surface area contributed by atoms with Gasteiger partial charge in [0.15, 0.2) is 0 Å². The first-order valence-electron chi connectivity index (χ1n) is 11.5. The average molecular weight is 381 g/mol. The number of hydrogen-bond donors (Lipinski definition) is 1. The molecule has 1 aromatic rings. The topological polar surface area (TPSA) is 29.5 Å². The third kappa shape index (κ3) is 2.91. The van der Waals surface area contributed by atoms with Gasteiger partial charge in [-0.05, 0) is 85.5 Å². The van der Waals surface area contributed by atoms with E-state index in [2.05, 4.69) is 50.3 Å². The van der Waals surface area contributed by atoms with Gasteiger partial charge in [0.2, 0.25) is 0 Å². The Hall–Kier alpha value is -1.12. The number of aliphatic hydroxyl groups is 1. The normalized spacial score (nSPS) is 45.0. The molecule has 2 heteroatoms. The van der Waals surface area contributed by atoms with E-state index >= 15 is 0 Å². The van der Waals surface area contributed by atoms with Gasteiger partial charge in [-0.15, -0.1) is 0 Å². The number of aliphatic hydroxyl groups excluding tert-OH is 1. The van der Waals surface area contributed by atoms with Crippen molar-refractivity contribution >= 4 is 0 Å². The van der Waals surface area contributed by atoms with Gasteiger partial charge in [-0.2, -0.15) is 0 Å². The van der Waals surface area contributed by atoms with Crippen LogP contribution in [0.1, 0.15) is 70.8 Å². The molecule has 0 aromatic heterocycles. The van der Waals surface area contributed by atoms with E-state index in [-0.39, 0.29) is 6.10 Å². The Labute approximate surface area is 170 Å². The summed E-state index contributed by atoms with van der Waals surface area (Å²) in [7, 11) is 0. The molecule has 0 radical (unpaired) electrons. The highest BCUT2D eigenvalue weighted by Gasteiger charge is 2.58. The van der Waals surface area contributed by atoms with Gasteiger partial charge in [0.1, 0.15) is 0 Å². The predicted octanol–water partition coefficient (Wildman–Crippen LogP) is 5.90. The summed E-state index contributed by atoms with van der Waals surface area (Å²) >= 11 is 0. The van der Waals surface area contributed by atoms with Crippen LogP contribution in [0.3, 0.4) is 0 Å². The van der Waals surface area contributed by atoms with Crippen LogP contribution >= 0.6 is 0 Å². The van der Waals surface area contributed by atoms with E-state index < -0.39 is 0 Å². The molecule has 3 unspecified atom stereocenters. The Morgan fingerprint density at radius 1 is 1.00 bits per heavy atom. The Balaban J connectivity index is 1.34. The fraction of sp³-hybridized carbons (Fsp3) is 0.692. The zero-order valence-corrected chi connectivity index (χ0v) is 17.6. The zero-order chi connectivity index (χ0) is 19.4. The van der Waals surface area contributed by atoms with Gasteiger partial charge in [0.05, 0.1) is 18.8 Å². The van der Waals surface area contributed by atoms with Crippen LogP contribution in [-0.4, -0.2) is 17.3 Å². The Morgan fingerprint density at radius 3 is 2.64 bits per heavy atom. The molecule has 28 heavy (non-hydrogen) atoms. The molecule has 3 fully saturated rings. The first-order chi connectivity index (χ1) is 13.5. The van der Waals surface area contributed by atoms with Crippen LogP contribution in [-0.2, 0) is 11.3 Å². The fourth-order valence-electron chi connectivity index (χ4n) is 7.64. The van der Waals surface area contributed by atoms with Crippen molar-refractivity contribution in [3.8, 4) is 0 Å². The minimum absolute atomic E-state index is 0.105. The average Bonchev–Trinajstić information content (AvgIpc) is 3.04. The summed E-state index contributed by atoms with van der Waals surface area (Å²) in [4.78, 5) is 0. The van der Waals surface area contributed by atoms with E-state index in [1.54, 1.807) is 5.57 Å². The maximum absolute atomic E-state index is 10.2. The maximum Gasteiger partial charge on any atom is 0.0720 e. The summed E-state index contributed by atoms with van der Waals surface area (Å²) in [6, 6.07) is 10.6. The summed E-state index contributed by atoms with van der Waals surface area (Å²) in [5.74, 6) is 2.42. The Kier molecular flexibility index (Phi) is 4.71. The van der Waals surface area contributed by atoms with Crippen LogP contribution in [0.25, 0.3) is 0 Å². The molecule has 1 aromatic carbocycles. The second-order valence-electron chi connectivity index (χ2n) is 10.6. The largest absolute Gasteiger partial charge is 0.393 e. The molecular formula is C26H36O2. The molecule has 0 saturated heterocycles. The molecule has 0 heterocycles. The van der Waals surface area contributed by atoms with Gasteiger partial charge in [-0.25, -0.2) is 0 Å². The van der Waals surface area contributed by atoms with E-state index in [0.29, 0.717) is 16.9 Å².